The molecule has 2 aliphatic rings. The normalized spacial score (nSPS) is 18.7. The Bertz CT molecular complexity index is 950. The fourth-order valence-corrected chi connectivity index (χ4v) is 4.62. The molecule has 5 nitrogen and oxygen atoms in total. The molecule has 0 fully saturated rings. The molecule has 0 amide bonds. The van der Waals surface area contributed by atoms with E-state index in [0.717, 1.165) is 48.9 Å². The molecular weight excluding hydrogens is 366 g/mol. The van der Waals surface area contributed by atoms with Gasteiger partial charge in [-0.1, -0.05) is 11.6 Å². The second kappa shape index (κ2) is 7.99. The first-order chi connectivity index (χ1) is 14.1. The zero-order valence-corrected chi connectivity index (χ0v) is 17.9. The van der Waals surface area contributed by atoms with Crippen LogP contribution in [-0.2, 0) is 6.42 Å². The van der Waals surface area contributed by atoms with E-state index in [-0.39, 0.29) is 0 Å². The lowest BCUT2D eigenvalue weighted by Crippen LogP contribution is -2.39. The molecule has 0 N–H and O–H groups in total. The Morgan fingerprint density at radius 2 is 1.48 bits per heavy atom. The van der Waals surface area contributed by atoms with Crippen molar-refractivity contribution in [1.29, 1.82) is 0 Å². The Hall–Kier alpha value is -2.66. The van der Waals surface area contributed by atoms with E-state index in [0.29, 0.717) is 6.04 Å². The molecule has 5 heteroatoms. The monoisotopic (exact) mass is 395 g/mol. The minimum atomic E-state index is 0.377. The molecule has 2 aromatic rings. The molecule has 0 saturated heterocycles. The van der Waals surface area contributed by atoms with Crippen molar-refractivity contribution in [1.82, 2.24) is 4.90 Å². The quantitative estimate of drug-likeness (QED) is 0.746. The van der Waals surface area contributed by atoms with Crippen LogP contribution in [0.2, 0.25) is 0 Å². The molecule has 2 heterocycles. The SMILES string of the molecule is COc1ccc(C2=C(C)C[C@H]3c4cc(OC)c(OC)cc4CCN3C2)cc1OC. The van der Waals surface area contributed by atoms with Gasteiger partial charge in [-0.2, -0.15) is 0 Å². The zero-order chi connectivity index (χ0) is 20.5. The van der Waals surface area contributed by atoms with Crippen LogP contribution in [0.4, 0.5) is 0 Å². The van der Waals surface area contributed by atoms with E-state index in [2.05, 4.69) is 36.1 Å². The van der Waals surface area contributed by atoms with Gasteiger partial charge in [-0.15, -0.1) is 0 Å². The highest BCUT2D eigenvalue weighted by molar-refractivity contribution is 5.73. The number of methoxy groups -OCH3 is 4. The van der Waals surface area contributed by atoms with Crippen LogP contribution in [0.15, 0.2) is 35.9 Å². The Morgan fingerprint density at radius 1 is 0.828 bits per heavy atom. The smallest absolute Gasteiger partial charge is 0.161 e. The molecule has 0 bridgehead atoms. The third kappa shape index (κ3) is 3.44. The second-order valence-corrected chi connectivity index (χ2v) is 7.68. The van der Waals surface area contributed by atoms with Crippen LogP contribution in [0.1, 0.15) is 36.1 Å². The molecule has 0 unspecified atom stereocenters. The van der Waals surface area contributed by atoms with Crippen LogP contribution in [0.5, 0.6) is 23.0 Å². The van der Waals surface area contributed by atoms with Crippen molar-refractivity contribution >= 4 is 5.57 Å². The van der Waals surface area contributed by atoms with Gasteiger partial charge in [-0.05, 0) is 66.3 Å². The first-order valence-corrected chi connectivity index (χ1v) is 9.99. The maximum absolute atomic E-state index is 5.57. The van der Waals surface area contributed by atoms with E-state index < -0.39 is 0 Å². The fourth-order valence-electron chi connectivity index (χ4n) is 4.62. The van der Waals surface area contributed by atoms with Crippen molar-refractivity contribution in [3.8, 4) is 23.0 Å². The van der Waals surface area contributed by atoms with Gasteiger partial charge in [0.15, 0.2) is 23.0 Å². The van der Waals surface area contributed by atoms with Crippen molar-refractivity contribution in [3.63, 3.8) is 0 Å². The second-order valence-electron chi connectivity index (χ2n) is 7.68. The van der Waals surface area contributed by atoms with E-state index in [1.54, 1.807) is 28.4 Å². The van der Waals surface area contributed by atoms with E-state index in [1.807, 2.05) is 6.07 Å². The summed E-state index contributed by atoms with van der Waals surface area (Å²) in [7, 11) is 6.75. The first-order valence-electron chi connectivity index (χ1n) is 9.99. The van der Waals surface area contributed by atoms with Crippen LogP contribution in [-0.4, -0.2) is 46.4 Å². The molecule has 2 aliphatic heterocycles. The molecule has 29 heavy (non-hydrogen) atoms. The molecule has 4 rings (SSSR count). The van der Waals surface area contributed by atoms with Gasteiger partial charge in [0.2, 0.25) is 0 Å². The lowest BCUT2D eigenvalue weighted by molar-refractivity contribution is 0.197. The summed E-state index contributed by atoms with van der Waals surface area (Å²) in [6.07, 6.45) is 2.02. The average Bonchev–Trinajstić information content (AvgIpc) is 2.77. The van der Waals surface area contributed by atoms with Crippen molar-refractivity contribution in [2.75, 3.05) is 41.5 Å². The third-order valence-electron chi connectivity index (χ3n) is 6.22. The molecule has 1 atom stereocenters. The summed E-state index contributed by atoms with van der Waals surface area (Å²) in [6.45, 7) is 4.22. The number of ether oxygens (including phenoxy) is 4. The maximum Gasteiger partial charge on any atom is 0.161 e. The van der Waals surface area contributed by atoms with Gasteiger partial charge in [0, 0.05) is 19.1 Å². The maximum atomic E-state index is 5.57. The van der Waals surface area contributed by atoms with Crippen molar-refractivity contribution in [2.45, 2.75) is 25.8 Å². The Kier molecular flexibility index (Phi) is 5.41. The predicted octanol–water partition coefficient (Wildman–Crippen LogP) is 4.50. The number of nitrogens with zero attached hydrogens (tertiary/aromatic N) is 1. The molecule has 0 aromatic heterocycles. The summed E-state index contributed by atoms with van der Waals surface area (Å²) in [5.74, 6) is 3.15. The van der Waals surface area contributed by atoms with Gasteiger partial charge in [0.1, 0.15) is 0 Å². The standard InChI is InChI=1S/C24H29NO4/c1-15-10-20-18-13-24(29-5)23(28-4)12-17(18)8-9-25(20)14-19(15)16-6-7-21(26-2)22(11-16)27-3/h6-7,11-13,20H,8-10,14H2,1-5H3/t20-/m0/s1. The Morgan fingerprint density at radius 3 is 2.17 bits per heavy atom. The summed E-state index contributed by atoms with van der Waals surface area (Å²) in [5.41, 5.74) is 6.73. The van der Waals surface area contributed by atoms with Crippen LogP contribution in [0, 0.1) is 0 Å². The third-order valence-corrected chi connectivity index (χ3v) is 6.22. The highest BCUT2D eigenvalue weighted by atomic mass is 16.5. The van der Waals surface area contributed by atoms with Gasteiger partial charge in [-0.25, -0.2) is 0 Å². The summed E-state index contributed by atoms with van der Waals surface area (Å²) in [5, 5.41) is 0. The number of benzene rings is 2. The zero-order valence-electron chi connectivity index (χ0n) is 17.9. The van der Waals surface area contributed by atoms with E-state index in [9.17, 15) is 0 Å². The van der Waals surface area contributed by atoms with E-state index in [1.165, 1.54) is 27.8 Å². The van der Waals surface area contributed by atoms with Gasteiger partial charge in [0.25, 0.3) is 0 Å². The molecule has 0 aliphatic carbocycles. The van der Waals surface area contributed by atoms with Crippen LogP contribution < -0.4 is 18.9 Å². The minimum absolute atomic E-state index is 0.377. The minimum Gasteiger partial charge on any atom is -0.493 e. The van der Waals surface area contributed by atoms with Crippen LogP contribution >= 0.6 is 0 Å². The molecule has 0 radical (unpaired) electrons. The van der Waals surface area contributed by atoms with Crippen molar-refractivity contribution in [3.05, 3.63) is 52.6 Å². The van der Waals surface area contributed by atoms with Gasteiger partial charge < -0.3 is 18.9 Å². The van der Waals surface area contributed by atoms with E-state index in [4.69, 9.17) is 18.9 Å². The number of fused-ring (bicyclic) bond motifs is 3. The Balaban J connectivity index is 1.69. The topological polar surface area (TPSA) is 40.2 Å². The summed E-state index contributed by atoms with van der Waals surface area (Å²) >= 11 is 0. The molecular formula is C24H29NO4. The first kappa shape index (κ1) is 19.6. The summed E-state index contributed by atoms with van der Waals surface area (Å²) < 4.78 is 22.0. The highest BCUT2D eigenvalue weighted by Crippen LogP contribution is 2.45. The predicted molar refractivity (Wildman–Crippen MR) is 114 cm³/mol. The highest BCUT2D eigenvalue weighted by Gasteiger charge is 2.33. The number of hydrogen-bond donors (Lipinski definition) is 0. The van der Waals surface area contributed by atoms with Crippen molar-refractivity contribution < 1.29 is 18.9 Å². The number of hydrogen-bond acceptors (Lipinski definition) is 5. The van der Waals surface area contributed by atoms with Gasteiger partial charge >= 0.3 is 0 Å². The van der Waals surface area contributed by atoms with E-state index >= 15 is 0 Å². The van der Waals surface area contributed by atoms with Crippen molar-refractivity contribution in [2.24, 2.45) is 0 Å². The summed E-state index contributed by atoms with van der Waals surface area (Å²) in [6, 6.07) is 10.9. The molecule has 0 saturated carbocycles. The van der Waals surface area contributed by atoms with Gasteiger partial charge in [-0.3, -0.25) is 4.90 Å². The molecule has 2 aromatic carbocycles. The Labute approximate surface area is 172 Å². The largest absolute Gasteiger partial charge is 0.493 e. The molecule has 0 spiro atoms. The van der Waals surface area contributed by atoms with Crippen LogP contribution in [0.25, 0.3) is 5.57 Å². The summed E-state index contributed by atoms with van der Waals surface area (Å²) in [4.78, 5) is 2.58. The lowest BCUT2D eigenvalue weighted by atomic mass is 9.82. The lowest BCUT2D eigenvalue weighted by Gasteiger charge is -2.42. The van der Waals surface area contributed by atoms with Gasteiger partial charge in [0.05, 0.1) is 28.4 Å². The molecule has 154 valence electrons. The van der Waals surface area contributed by atoms with Crippen LogP contribution in [0.3, 0.4) is 0 Å². The fraction of sp³-hybridized carbons (Fsp3) is 0.417. The number of rotatable bonds is 5. The average molecular weight is 395 g/mol.